The minimum Gasteiger partial charge on any atom is -0.387 e. The summed E-state index contributed by atoms with van der Waals surface area (Å²) in [4.78, 5) is 4.10. The van der Waals surface area contributed by atoms with Crippen LogP contribution in [-0.2, 0) is 6.42 Å². The maximum absolute atomic E-state index is 11.0. The zero-order valence-electron chi connectivity index (χ0n) is 21.3. The number of fused-ring (bicyclic) bond motifs is 3. The lowest BCUT2D eigenvalue weighted by molar-refractivity contribution is 0.182. The second-order valence-electron chi connectivity index (χ2n) is 9.76. The highest BCUT2D eigenvalue weighted by Gasteiger charge is 2.45. The Hall–Kier alpha value is -0.850. The van der Waals surface area contributed by atoms with Gasteiger partial charge in [0.2, 0.25) is 0 Å². The van der Waals surface area contributed by atoms with Gasteiger partial charge in [0.1, 0.15) is 0 Å². The molecule has 1 N–H and O–H groups in total. The molecular weight excluding hydrogens is 505 g/mol. The van der Waals surface area contributed by atoms with Crippen LogP contribution in [0.1, 0.15) is 66.5 Å². The van der Waals surface area contributed by atoms with Gasteiger partial charge in [-0.2, -0.15) is 11.8 Å². The van der Waals surface area contributed by atoms with E-state index in [0.29, 0.717) is 28.1 Å². The highest BCUT2D eigenvalue weighted by atomic mass is 32.2. The number of thioether (sulfide) groups is 3. The lowest BCUT2D eigenvalue weighted by Gasteiger charge is -2.40. The normalized spacial score (nSPS) is 25.9. The maximum atomic E-state index is 11.0. The van der Waals surface area contributed by atoms with E-state index in [9.17, 15) is 5.11 Å². The van der Waals surface area contributed by atoms with E-state index in [1.165, 1.54) is 45.1 Å². The van der Waals surface area contributed by atoms with Crippen molar-refractivity contribution in [1.82, 2.24) is 0 Å². The van der Waals surface area contributed by atoms with Crippen molar-refractivity contribution in [2.75, 3.05) is 5.75 Å². The topological polar surface area (TPSA) is 20.2 Å². The van der Waals surface area contributed by atoms with Gasteiger partial charge in [-0.1, -0.05) is 74.1 Å². The average Bonchev–Trinajstić information content (AvgIpc) is 3.41. The lowest BCUT2D eigenvalue weighted by Crippen LogP contribution is -2.36. The second-order valence-corrected chi connectivity index (χ2v) is 15.0. The summed E-state index contributed by atoms with van der Waals surface area (Å²) in [6.07, 6.45) is 9.03. The summed E-state index contributed by atoms with van der Waals surface area (Å²) in [5, 5.41) is 15.3. The van der Waals surface area contributed by atoms with Gasteiger partial charge in [-0.05, 0) is 55.4 Å². The smallest absolute Gasteiger partial charge is 0.0922 e. The maximum Gasteiger partial charge on any atom is 0.0922 e. The number of benzene rings is 1. The molecule has 1 aromatic heterocycles. The highest BCUT2D eigenvalue weighted by molar-refractivity contribution is 8.03. The summed E-state index contributed by atoms with van der Waals surface area (Å²) in [6, 6.07) is 10.8. The molecule has 1 aliphatic carbocycles. The number of rotatable bonds is 10. The minimum absolute atomic E-state index is 0.419. The molecule has 2 heterocycles. The van der Waals surface area contributed by atoms with Crippen LogP contribution in [0, 0.1) is 12.8 Å². The number of hydrogen-bond acceptors (Lipinski definition) is 5. The first-order valence-electron chi connectivity index (χ1n) is 12.7. The first-order valence-corrected chi connectivity index (χ1v) is 16.3. The van der Waals surface area contributed by atoms with Crippen LogP contribution in [0.3, 0.4) is 0 Å². The molecule has 2 aliphatic rings. The van der Waals surface area contributed by atoms with Gasteiger partial charge in [-0.15, -0.1) is 34.9 Å². The number of allylic oxidation sites excluding steroid dienone is 4. The summed E-state index contributed by atoms with van der Waals surface area (Å²) in [7, 11) is 0. The van der Waals surface area contributed by atoms with Gasteiger partial charge < -0.3 is 5.11 Å². The van der Waals surface area contributed by atoms with Crippen molar-refractivity contribution < 1.29 is 5.11 Å². The largest absolute Gasteiger partial charge is 0.387 e. The van der Waals surface area contributed by atoms with Crippen LogP contribution < -0.4 is 0 Å². The van der Waals surface area contributed by atoms with Gasteiger partial charge in [-0.25, -0.2) is 0 Å². The molecule has 1 aromatic carbocycles. The number of thiophene rings is 1. The fraction of sp³-hybridized carbons (Fsp3) is 0.467. The molecule has 4 rings (SSSR count). The van der Waals surface area contributed by atoms with Crippen LogP contribution in [0.5, 0.6) is 0 Å². The molecule has 2 aromatic rings. The molecule has 35 heavy (non-hydrogen) atoms. The molecule has 0 bridgehead atoms. The summed E-state index contributed by atoms with van der Waals surface area (Å²) in [5.74, 6) is 2.53. The van der Waals surface area contributed by atoms with Crippen LogP contribution >= 0.6 is 46.6 Å². The Bertz CT molecular complexity index is 1050. The average molecular weight is 543 g/mol. The molecule has 0 amide bonds. The predicted octanol–water partition coefficient (Wildman–Crippen LogP) is 9.19. The summed E-state index contributed by atoms with van der Waals surface area (Å²) in [5.41, 5.74) is 3.66. The molecule has 0 saturated heterocycles. The first-order chi connectivity index (χ1) is 16.9. The number of aliphatic hydroxyl groups is 1. The van der Waals surface area contributed by atoms with Crippen LogP contribution in [-0.4, -0.2) is 26.6 Å². The third-order valence-electron chi connectivity index (χ3n) is 7.20. The second kappa shape index (κ2) is 12.6. The number of aliphatic hydroxyl groups excluding tert-OH is 1. The molecule has 6 unspecified atom stereocenters. The van der Waals surface area contributed by atoms with Crippen molar-refractivity contribution in [3.05, 3.63) is 87.0 Å². The van der Waals surface area contributed by atoms with E-state index >= 15 is 0 Å². The van der Waals surface area contributed by atoms with Crippen molar-refractivity contribution in [3.63, 3.8) is 0 Å². The molecule has 6 atom stereocenters. The van der Waals surface area contributed by atoms with Gasteiger partial charge in [0.05, 0.1) is 6.10 Å². The van der Waals surface area contributed by atoms with Gasteiger partial charge >= 0.3 is 0 Å². The molecule has 1 nitrogen and oxygen atoms in total. The standard InChI is InChI=1S/C30H38OS4/c1-6-19(3)9-8-14-33-26-17-24-27(16-23(26)21(5)32-7-2)34-29-18-28(35-30(24)29)25(31)15-22-12-10-20(4)11-13-22/h6,8-14,18,21,23-27,31H,1,7,15-17H2,2-5H3/b14-8+,19-9-. The van der Waals surface area contributed by atoms with E-state index in [-0.39, 0.29) is 0 Å². The number of aryl methyl sites for hydroxylation is 1. The van der Waals surface area contributed by atoms with E-state index < -0.39 is 6.10 Å². The Kier molecular flexibility index (Phi) is 9.79. The monoisotopic (exact) mass is 542 g/mol. The Morgan fingerprint density at radius 1 is 1.26 bits per heavy atom. The Labute approximate surface area is 229 Å². The molecule has 0 radical (unpaired) electrons. The zero-order chi connectivity index (χ0) is 24.9. The SMILES string of the molecule is C=C/C(C)=C\C=C\SC1CC2c3sc(C(O)Cc4ccc(C)cc4)cc3SC2CC1C(C)SCC. The van der Waals surface area contributed by atoms with E-state index in [0.717, 1.165) is 10.8 Å². The fourth-order valence-electron chi connectivity index (χ4n) is 5.14. The van der Waals surface area contributed by atoms with Gasteiger partial charge in [-0.3, -0.25) is 0 Å². The first kappa shape index (κ1) is 27.2. The molecule has 1 saturated carbocycles. The zero-order valence-corrected chi connectivity index (χ0v) is 24.5. The highest BCUT2D eigenvalue weighted by Crippen LogP contribution is 2.59. The van der Waals surface area contributed by atoms with Crippen molar-refractivity contribution in [2.24, 2.45) is 5.92 Å². The molecule has 1 aliphatic heterocycles. The quantitative estimate of drug-likeness (QED) is 0.302. The van der Waals surface area contributed by atoms with E-state index in [1.807, 2.05) is 29.2 Å². The molecular formula is C30H38OS4. The van der Waals surface area contributed by atoms with Crippen LogP contribution in [0.4, 0.5) is 0 Å². The third kappa shape index (κ3) is 6.73. The molecule has 1 fully saturated rings. The Morgan fingerprint density at radius 3 is 2.74 bits per heavy atom. The van der Waals surface area contributed by atoms with Gasteiger partial charge in [0, 0.05) is 42.7 Å². The minimum atomic E-state index is -0.419. The summed E-state index contributed by atoms with van der Waals surface area (Å²) >= 11 is 8.10. The van der Waals surface area contributed by atoms with E-state index in [4.69, 9.17) is 0 Å². The lowest BCUT2D eigenvalue weighted by atomic mass is 9.79. The number of hydrogen-bond donors (Lipinski definition) is 1. The van der Waals surface area contributed by atoms with E-state index in [1.54, 1.807) is 0 Å². The van der Waals surface area contributed by atoms with Crippen molar-refractivity contribution in [3.8, 4) is 0 Å². The van der Waals surface area contributed by atoms with Gasteiger partial charge in [0.15, 0.2) is 0 Å². The van der Waals surface area contributed by atoms with Crippen LogP contribution in [0.15, 0.2) is 71.0 Å². The van der Waals surface area contributed by atoms with Crippen LogP contribution in [0.25, 0.3) is 0 Å². The molecule has 0 spiro atoms. The third-order valence-corrected chi connectivity index (χ3v) is 12.5. The Morgan fingerprint density at radius 2 is 2.03 bits per heavy atom. The van der Waals surface area contributed by atoms with Crippen molar-refractivity contribution in [2.45, 2.75) is 79.6 Å². The summed E-state index contributed by atoms with van der Waals surface area (Å²) < 4.78 is 0. The van der Waals surface area contributed by atoms with E-state index in [2.05, 4.69) is 106 Å². The van der Waals surface area contributed by atoms with Gasteiger partial charge in [0.25, 0.3) is 0 Å². The predicted molar refractivity (Wildman–Crippen MR) is 161 cm³/mol. The van der Waals surface area contributed by atoms with Crippen LogP contribution in [0.2, 0.25) is 0 Å². The fourth-order valence-corrected chi connectivity index (χ4v) is 10.7. The van der Waals surface area contributed by atoms with Crippen molar-refractivity contribution >= 4 is 46.6 Å². The van der Waals surface area contributed by atoms with Crippen molar-refractivity contribution in [1.29, 1.82) is 0 Å². The summed E-state index contributed by atoms with van der Waals surface area (Å²) in [6.45, 7) is 12.8. The molecule has 188 valence electrons. The molecule has 5 heteroatoms. The Balaban J connectivity index is 1.48.